The fraction of sp³-hybridized carbons (Fsp3) is 0.708. The number of hydrogen-bond donors (Lipinski definition) is 2. The summed E-state index contributed by atoms with van der Waals surface area (Å²) in [6, 6.07) is 0. The maximum atomic E-state index is 13.0. The van der Waals surface area contributed by atoms with E-state index in [9.17, 15) is 24.6 Å². The lowest BCUT2D eigenvalue weighted by molar-refractivity contribution is -0.191. The maximum Gasteiger partial charge on any atom is 0.182 e. The van der Waals surface area contributed by atoms with Crippen LogP contribution in [0, 0.1) is 28.6 Å². The van der Waals surface area contributed by atoms with E-state index in [-0.39, 0.29) is 48.2 Å². The molecule has 3 fully saturated rings. The van der Waals surface area contributed by atoms with Gasteiger partial charge in [0.2, 0.25) is 0 Å². The molecule has 0 unspecified atom stereocenters. The number of aliphatic hydroxyl groups is 2. The van der Waals surface area contributed by atoms with Gasteiger partial charge in [0, 0.05) is 16.7 Å². The van der Waals surface area contributed by atoms with Crippen molar-refractivity contribution in [2.45, 2.75) is 64.3 Å². The highest BCUT2D eigenvalue weighted by molar-refractivity contribution is 6.29. The van der Waals surface area contributed by atoms with E-state index in [4.69, 9.17) is 16.3 Å². The first kappa shape index (κ1) is 22.8. The molecule has 0 amide bonds. The van der Waals surface area contributed by atoms with Crippen LogP contribution in [-0.4, -0.2) is 57.9 Å². The number of hydrogen-bond acceptors (Lipinski definition) is 6. The molecule has 2 N–H and O–H groups in total. The van der Waals surface area contributed by atoms with Gasteiger partial charge < -0.3 is 14.9 Å². The molecule has 0 heterocycles. The number of carbonyl (C=O) groups is 3. The van der Waals surface area contributed by atoms with Crippen molar-refractivity contribution in [1.82, 2.24) is 0 Å². The molecule has 4 aliphatic rings. The summed E-state index contributed by atoms with van der Waals surface area (Å²) in [4.78, 5) is 36.5. The minimum absolute atomic E-state index is 0.0262. The van der Waals surface area contributed by atoms with Gasteiger partial charge in [-0.25, -0.2) is 0 Å². The number of fused-ring (bicyclic) bond motifs is 5. The molecule has 7 heteroatoms. The second-order valence-corrected chi connectivity index (χ2v) is 10.5. The molecule has 0 aliphatic heterocycles. The predicted octanol–water partition coefficient (Wildman–Crippen LogP) is 2.39. The molecule has 0 bridgehead atoms. The molecular formula is C24H31ClO6. The summed E-state index contributed by atoms with van der Waals surface area (Å²) in [5, 5.41) is 23.2. The van der Waals surface area contributed by atoms with Gasteiger partial charge in [-0.2, -0.15) is 0 Å². The van der Waals surface area contributed by atoms with Gasteiger partial charge in [0.05, 0.1) is 18.1 Å². The van der Waals surface area contributed by atoms with Gasteiger partial charge in [-0.1, -0.05) is 25.5 Å². The summed E-state index contributed by atoms with van der Waals surface area (Å²) in [5.41, 5.74) is -2.19. The van der Waals surface area contributed by atoms with Crippen molar-refractivity contribution in [3.63, 3.8) is 0 Å². The minimum Gasteiger partial charge on any atom is -0.393 e. The molecule has 0 saturated heterocycles. The Morgan fingerprint density at radius 1 is 1.32 bits per heavy atom. The molecule has 0 aromatic rings. The topological polar surface area (TPSA) is 101 Å². The Balaban J connectivity index is 1.75. The number of ether oxygens (including phenoxy) is 1. The highest BCUT2D eigenvalue weighted by atomic mass is 35.5. The van der Waals surface area contributed by atoms with Crippen LogP contribution in [0.2, 0.25) is 0 Å². The van der Waals surface area contributed by atoms with Crippen LogP contribution in [-0.2, 0) is 19.1 Å². The Kier molecular flexibility index (Phi) is 5.61. The predicted molar refractivity (Wildman–Crippen MR) is 114 cm³/mol. The lowest BCUT2D eigenvalue weighted by Gasteiger charge is -2.59. The number of alkyl halides is 1. The van der Waals surface area contributed by atoms with Crippen LogP contribution in [0.5, 0.6) is 0 Å². The third kappa shape index (κ3) is 3.13. The van der Waals surface area contributed by atoms with Gasteiger partial charge in [0.25, 0.3) is 0 Å². The van der Waals surface area contributed by atoms with Crippen molar-refractivity contribution < 1.29 is 29.3 Å². The van der Waals surface area contributed by atoms with Gasteiger partial charge in [-0.05, 0) is 56.6 Å². The zero-order chi connectivity index (χ0) is 22.8. The Labute approximate surface area is 187 Å². The second-order valence-electron chi connectivity index (χ2n) is 10.3. The lowest BCUT2D eigenvalue weighted by atomic mass is 9.46. The normalized spacial score (nSPS) is 46.1. The van der Waals surface area contributed by atoms with E-state index < -0.39 is 34.4 Å². The summed E-state index contributed by atoms with van der Waals surface area (Å²) in [6.45, 7) is 5.14. The molecule has 4 aliphatic carbocycles. The van der Waals surface area contributed by atoms with E-state index in [1.165, 1.54) is 6.92 Å². The van der Waals surface area contributed by atoms with Crippen molar-refractivity contribution >= 4 is 29.0 Å². The quantitative estimate of drug-likeness (QED) is 0.624. The van der Waals surface area contributed by atoms with Gasteiger partial charge in [0.15, 0.2) is 23.0 Å². The average molecular weight is 451 g/mol. The van der Waals surface area contributed by atoms with Crippen LogP contribution >= 0.6 is 11.6 Å². The number of aliphatic hydroxyl groups excluding tert-OH is 1. The Morgan fingerprint density at radius 3 is 2.68 bits per heavy atom. The van der Waals surface area contributed by atoms with Crippen molar-refractivity contribution in [2.75, 3.05) is 12.5 Å². The molecule has 0 aromatic carbocycles. The molecule has 6 nitrogen and oxygen atoms in total. The first-order valence-corrected chi connectivity index (χ1v) is 11.6. The standard InChI is InChI=1S/C24H31ClO6/c1-13(26)12-31-20-9-17-16-5-4-14-8-15(27)6-7-22(14,2)21(16)18(28)10-23(17,3)24(20,30)19(29)11-25/h6-8,16-18,20-21,28,30H,4-5,9-12H2,1-3H3/t16-,17-,18-,20+,21+,22-,23-,24+/m0/s1. The number of rotatable bonds is 5. The Morgan fingerprint density at radius 2 is 2.03 bits per heavy atom. The SMILES string of the molecule is CC(=O)CO[C@@H]1C[C@H]2[C@@H]3CCC4=CC(=O)C=C[C@]4(C)[C@H]3[C@@H](O)C[C@]2(C)[C@@]1(O)C(=O)CCl. The summed E-state index contributed by atoms with van der Waals surface area (Å²) >= 11 is 5.90. The lowest BCUT2D eigenvalue weighted by Crippen LogP contribution is -2.63. The summed E-state index contributed by atoms with van der Waals surface area (Å²) in [7, 11) is 0. The molecule has 3 saturated carbocycles. The minimum atomic E-state index is -1.86. The van der Waals surface area contributed by atoms with E-state index in [2.05, 4.69) is 6.92 Å². The highest BCUT2D eigenvalue weighted by Crippen LogP contribution is 2.67. The van der Waals surface area contributed by atoms with Gasteiger partial charge in [0.1, 0.15) is 6.61 Å². The third-order valence-electron chi connectivity index (χ3n) is 8.72. The third-order valence-corrected chi connectivity index (χ3v) is 8.97. The van der Waals surface area contributed by atoms with Crippen LogP contribution in [0.15, 0.2) is 23.8 Å². The molecule has 8 atom stereocenters. The molecule has 0 radical (unpaired) electrons. The average Bonchev–Trinajstić information content (AvgIpc) is 2.93. The van der Waals surface area contributed by atoms with Gasteiger partial charge >= 0.3 is 0 Å². The van der Waals surface area contributed by atoms with E-state index in [0.29, 0.717) is 6.42 Å². The molecule has 0 spiro atoms. The van der Waals surface area contributed by atoms with Gasteiger partial charge in [-0.15, -0.1) is 11.6 Å². The number of ketones is 3. The Bertz CT molecular complexity index is 879. The van der Waals surface area contributed by atoms with Crippen molar-refractivity contribution in [1.29, 1.82) is 0 Å². The zero-order valence-corrected chi connectivity index (χ0v) is 19.0. The van der Waals surface area contributed by atoms with Crippen LogP contribution in [0.25, 0.3) is 0 Å². The molecule has 0 aromatic heterocycles. The molecular weight excluding hydrogens is 420 g/mol. The van der Waals surface area contributed by atoms with Crippen LogP contribution in [0.3, 0.4) is 0 Å². The fourth-order valence-electron chi connectivity index (χ4n) is 7.32. The Hall–Kier alpha value is -1.34. The highest BCUT2D eigenvalue weighted by Gasteiger charge is 2.71. The van der Waals surface area contributed by atoms with E-state index in [1.54, 1.807) is 12.2 Å². The molecule has 4 rings (SSSR count). The molecule has 31 heavy (non-hydrogen) atoms. The second kappa shape index (κ2) is 7.62. The first-order chi connectivity index (χ1) is 14.5. The smallest absolute Gasteiger partial charge is 0.182 e. The first-order valence-electron chi connectivity index (χ1n) is 11.0. The number of carbonyl (C=O) groups excluding carboxylic acids is 3. The van der Waals surface area contributed by atoms with E-state index in [1.807, 2.05) is 13.0 Å². The zero-order valence-electron chi connectivity index (χ0n) is 18.3. The molecule has 170 valence electrons. The van der Waals surface area contributed by atoms with Crippen LogP contribution < -0.4 is 0 Å². The van der Waals surface area contributed by atoms with Crippen molar-refractivity contribution in [3.05, 3.63) is 23.8 Å². The van der Waals surface area contributed by atoms with Crippen molar-refractivity contribution in [3.8, 4) is 0 Å². The number of Topliss-reactive ketones (excluding diaryl/α,β-unsaturated/α-hetero) is 2. The number of allylic oxidation sites excluding steroid dienone is 4. The van der Waals surface area contributed by atoms with Gasteiger partial charge in [-0.3, -0.25) is 14.4 Å². The summed E-state index contributed by atoms with van der Waals surface area (Å²) in [5.74, 6) is -1.27. The van der Waals surface area contributed by atoms with E-state index in [0.717, 1.165) is 18.4 Å². The largest absolute Gasteiger partial charge is 0.393 e. The van der Waals surface area contributed by atoms with Crippen molar-refractivity contribution in [2.24, 2.45) is 28.6 Å². The van der Waals surface area contributed by atoms with Crippen LogP contribution in [0.4, 0.5) is 0 Å². The summed E-state index contributed by atoms with van der Waals surface area (Å²) in [6.07, 6.45) is 5.71. The summed E-state index contributed by atoms with van der Waals surface area (Å²) < 4.78 is 5.79. The number of halogens is 1. The fourth-order valence-corrected chi connectivity index (χ4v) is 7.52. The van der Waals surface area contributed by atoms with Crippen LogP contribution in [0.1, 0.15) is 46.5 Å². The van der Waals surface area contributed by atoms with E-state index >= 15 is 0 Å². The maximum absolute atomic E-state index is 13.0. The monoisotopic (exact) mass is 450 g/mol.